The molecule has 1 saturated carbocycles. The molecule has 2 amide bonds. The summed E-state index contributed by atoms with van der Waals surface area (Å²) < 4.78 is 6.89. The van der Waals surface area contributed by atoms with E-state index in [9.17, 15) is 19.5 Å². The van der Waals surface area contributed by atoms with Crippen LogP contribution in [0.2, 0.25) is 0 Å². The molecule has 216 valence electrons. The molecule has 1 aromatic carbocycles. The van der Waals surface area contributed by atoms with Crippen LogP contribution in [-0.4, -0.2) is 68.8 Å². The van der Waals surface area contributed by atoms with E-state index < -0.39 is 0 Å². The fraction of sp³-hybridized carbons (Fsp3) is 0.516. The normalized spacial score (nSPS) is 25.3. The molecule has 4 unspecified atom stereocenters. The van der Waals surface area contributed by atoms with Crippen LogP contribution in [0.4, 0.5) is 5.82 Å². The highest BCUT2D eigenvalue weighted by Gasteiger charge is 2.38. The van der Waals surface area contributed by atoms with Gasteiger partial charge in [-0.05, 0) is 68.1 Å². The quantitative estimate of drug-likeness (QED) is 0.476. The van der Waals surface area contributed by atoms with Gasteiger partial charge in [0.05, 0.1) is 30.5 Å². The Morgan fingerprint density at radius 1 is 1.02 bits per heavy atom. The monoisotopic (exact) mass is 559 g/mol. The average Bonchev–Trinajstić information content (AvgIpc) is 3.55. The summed E-state index contributed by atoms with van der Waals surface area (Å²) in [5.41, 5.74) is 1.60. The van der Waals surface area contributed by atoms with Crippen molar-refractivity contribution in [2.45, 2.75) is 57.1 Å². The van der Waals surface area contributed by atoms with Crippen molar-refractivity contribution in [3.05, 3.63) is 64.7 Å². The Morgan fingerprint density at radius 2 is 1.83 bits per heavy atom. The van der Waals surface area contributed by atoms with E-state index in [2.05, 4.69) is 27.4 Å². The number of rotatable bonds is 6. The zero-order valence-corrected chi connectivity index (χ0v) is 23.2. The van der Waals surface area contributed by atoms with Gasteiger partial charge in [0.2, 0.25) is 11.8 Å². The molecule has 2 aromatic heterocycles. The number of ether oxygens (including phenoxy) is 1. The molecule has 2 saturated heterocycles. The first-order valence-corrected chi connectivity index (χ1v) is 14.7. The molecule has 10 nitrogen and oxygen atoms in total. The van der Waals surface area contributed by atoms with Crippen molar-refractivity contribution in [2.24, 2.45) is 17.8 Å². The molecule has 6 rings (SSSR count). The van der Waals surface area contributed by atoms with Gasteiger partial charge in [0.1, 0.15) is 5.82 Å². The Hall–Kier alpha value is -3.63. The molecule has 10 heteroatoms. The van der Waals surface area contributed by atoms with Gasteiger partial charge in [-0.2, -0.15) is 0 Å². The topological polar surface area (TPSA) is 127 Å². The number of piperidine rings is 1. The molecule has 2 aliphatic heterocycles. The molecule has 2 N–H and O–H groups in total. The lowest BCUT2D eigenvalue weighted by molar-refractivity contribution is -0.139. The Labute approximate surface area is 238 Å². The zero-order chi connectivity index (χ0) is 28.3. The smallest absolute Gasteiger partial charge is 0.279 e. The third-order valence-corrected chi connectivity index (χ3v) is 8.97. The number of nitrogens with zero attached hydrogens (tertiary/aromatic N) is 4. The summed E-state index contributed by atoms with van der Waals surface area (Å²) in [4.78, 5) is 50.3. The van der Waals surface area contributed by atoms with E-state index in [1.165, 1.54) is 0 Å². The number of hydrogen-bond donors (Lipinski definition) is 2. The second-order valence-electron chi connectivity index (χ2n) is 11.7. The SMILES string of the molecule is O=C(Nc1ccc2ncn(CC3CCN(C(=O)C4CCC(O)CC4c4ccccc4)CC3)c(=O)c2n1)C1CCOC1. The molecule has 3 fully saturated rings. The second kappa shape index (κ2) is 12.1. The number of carbonyl (C=O) groups is 2. The first-order chi connectivity index (χ1) is 20.0. The molecular weight excluding hydrogens is 522 g/mol. The standard InChI is InChI=1S/C31H37N5O5/c37-23-6-7-24(25(16-23)21-4-2-1-3-5-21)30(39)35-13-10-20(11-14-35)17-36-19-32-26-8-9-27(33-28(26)31(36)40)34-29(38)22-12-15-41-18-22/h1-5,8-9,19-20,22-25,37H,6-7,10-18H2,(H,33,34,38). The number of amides is 2. The number of aliphatic hydroxyl groups is 1. The van der Waals surface area contributed by atoms with E-state index in [4.69, 9.17) is 4.74 Å². The van der Waals surface area contributed by atoms with Crippen LogP contribution in [0, 0.1) is 17.8 Å². The highest BCUT2D eigenvalue weighted by Crippen LogP contribution is 2.39. The lowest BCUT2D eigenvalue weighted by Gasteiger charge is -2.39. The van der Waals surface area contributed by atoms with Crippen molar-refractivity contribution in [3.8, 4) is 0 Å². The van der Waals surface area contributed by atoms with Gasteiger partial charge in [-0.3, -0.25) is 19.0 Å². The number of carbonyl (C=O) groups excluding carboxylic acids is 2. The van der Waals surface area contributed by atoms with Gasteiger partial charge in [0.15, 0.2) is 5.52 Å². The molecule has 1 aliphatic carbocycles. The van der Waals surface area contributed by atoms with Gasteiger partial charge >= 0.3 is 0 Å². The maximum absolute atomic E-state index is 13.6. The van der Waals surface area contributed by atoms with Crippen LogP contribution in [0.15, 0.2) is 53.6 Å². The number of likely N-dealkylation sites (tertiary alicyclic amines) is 1. The van der Waals surface area contributed by atoms with E-state index in [-0.39, 0.29) is 52.7 Å². The van der Waals surface area contributed by atoms with Crippen LogP contribution in [0.3, 0.4) is 0 Å². The van der Waals surface area contributed by atoms with Crippen molar-refractivity contribution in [1.82, 2.24) is 19.4 Å². The van der Waals surface area contributed by atoms with E-state index >= 15 is 0 Å². The molecule has 0 radical (unpaired) electrons. The van der Waals surface area contributed by atoms with E-state index in [1.54, 1.807) is 23.0 Å². The average molecular weight is 560 g/mol. The second-order valence-corrected chi connectivity index (χ2v) is 11.7. The molecule has 41 heavy (non-hydrogen) atoms. The molecule has 4 heterocycles. The van der Waals surface area contributed by atoms with E-state index in [0.29, 0.717) is 69.9 Å². The number of nitrogens with one attached hydrogen (secondary N) is 1. The Kier molecular flexibility index (Phi) is 8.11. The van der Waals surface area contributed by atoms with Crippen LogP contribution in [0.1, 0.15) is 50.0 Å². The van der Waals surface area contributed by atoms with Crippen molar-refractivity contribution in [3.63, 3.8) is 0 Å². The number of aliphatic hydroxyl groups excluding tert-OH is 1. The minimum atomic E-state index is -0.368. The number of aromatic nitrogens is 3. The number of hydrogen-bond acceptors (Lipinski definition) is 7. The number of fused-ring (bicyclic) bond motifs is 1. The third kappa shape index (κ3) is 6.04. The maximum atomic E-state index is 13.6. The van der Waals surface area contributed by atoms with Crippen molar-refractivity contribution in [2.75, 3.05) is 31.6 Å². The summed E-state index contributed by atoms with van der Waals surface area (Å²) in [7, 11) is 0. The minimum absolute atomic E-state index is 0.0288. The fourth-order valence-electron chi connectivity index (χ4n) is 6.56. The first kappa shape index (κ1) is 27.5. The number of benzene rings is 1. The van der Waals surface area contributed by atoms with Crippen LogP contribution in [0.5, 0.6) is 0 Å². The lowest BCUT2D eigenvalue weighted by Crippen LogP contribution is -2.45. The summed E-state index contributed by atoms with van der Waals surface area (Å²) in [6.45, 7) is 2.78. The van der Waals surface area contributed by atoms with Gasteiger partial charge < -0.3 is 20.1 Å². The minimum Gasteiger partial charge on any atom is -0.393 e. The summed E-state index contributed by atoms with van der Waals surface area (Å²) in [5, 5.41) is 13.1. The van der Waals surface area contributed by atoms with Gasteiger partial charge in [0, 0.05) is 32.2 Å². The summed E-state index contributed by atoms with van der Waals surface area (Å²) in [5.74, 6) is 0.301. The highest BCUT2D eigenvalue weighted by molar-refractivity contribution is 5.92. The number of pyridine rings is 1. The molecule has 3 aliphatic rings. The first-order valence-electron chi connectivity index (χ1n) is 14.7. The van der Waals surface area contributed by atoms with Crippen LogP contribution in [-0.2, 0) is 20.9 Å². The lowest BCUT2D eigenvalue weighted by atomic mass is 9.73. The van der Waals surface area contributed by atoms with Crippen molar-refractivity contribution < 1.29 is 19.4 Å². The zero-order valence-electron chi connectivity index (χ0n) is 23.2. The van der Waals surface area contributed by atoms with Gasteiger partial charge in [-0.1, -0.05) is 30.3 Å². The predicted octanol–water partition coefficient (Wildman–Crippen LogP) is 2.95. The Morgan fingerprint density at radius 3 is 2.59 bits per heavy atom. The highest BCUT2D eigenvalue weighted by atomic mass is 16.5. The molecule has 3 aromatic rings. The van der Waals surface area contributed by atoms with Crippen LogP contribution < -0.4 is 10.9 Å². The Balaban J connectivity index is 1.09. The number of anilines is 1. The summed E-state index contributed by atoms with van der Waals surface area (Å²) in [6.07, 6.45) is 5.44. The summed E-state index contributed by atoms with van der Waals surface area (Å²) >= 11 is 0. The van der Waals surface area contributed by atoms with Gasteiger partial charge in [-0.25, -0.2) is 9.97 Å². The molecular formula is C31H37N5O5. The molecule has 0 spiro atoms. The third-order valence-electron chi connectivity index (χ3n) is 8.97. The van der Waals surface area contributed by atoms with E-state index in [1.807, 2.05) is 23.1 Å². The largest absolute Gasteiger partial charge is 0.393 e. The Bertz CT molecular complexity index is 1450. The molecule has 0 bridgehead atoms. The molecule has 4 atom stereocenters. The van der Waals surface area contributed by atoms with E-state index in [0.717, 1.165) is 18.4 Å². The van der Waals surface area contributed by atoms with Crippen molar-refractivity contribution >= 4 is 28.7 Å². The van der Waals surface area contributed by atoms with Crippen LogP contribution >= 0.6 is 0 Å². The maximum Gasteiger partial charge on any atom is 0.279 e. The predicted molar refractivity (Wildman–Crippen MR) is 153 cm³/mol. The van der Waals surface area contributed by atoms with Gasteiger partial charge in [0.25, 0.3) is 5.56 Å². The fourth-order valence-corrected chi connectivity index (χ4v) is 6.56. The van der Waals surface area contributed by atoms with Crippen molar-refractivity contribution in [1.29, 1.82) is 0 Å². The van der Waals surface area contributed by atoms with Crippen LogP contribution in [0.25, 0.3) is 11.0 Å². The summed E-state index contributed by atoms with van der Waals surface area (Å²) in [6, 6.07) is 13.4. The van der Waals surface area contributed by atoms with Gasteiger partial charge in [-0.15, -0.1) is 0 Å².